The van der Waals surface area contributed by atoms with Crippen molar-refractivity contribution in [2.24, 2.45) is 5.41 Å². The standard InChI is InChI=1S/C21H22N2O7/c1-20(2,3)30-19(29)23-16(26)13(9-21(7-8-21)18(23)28)22-15(25)12-6-4-5-11(10-24)14(12)17(22)27/h4-6,13,24H,7-10H2,1-3H3. The maximum absolute atomic E-state index is 13.2. The number of ether oxygens (including phenoxy) is 1. The van der Waals surface area contributed by atoms with Crippen LogP contribution < -0.4 is 0 Å². The Labute approximate surface area is 172 Å². The molecule has 1 aromatic rings. The highest BCUT2D eigenvalue weighted by molar-refractivity contribution is 6.25. The van der Waals surface area contributed by atoms with Crippen molar-refractivity contribution in [1.29, 1.82) is 0 Å². The van der Waals surface area contributed by atoms with E-state index in [2.05, 4.69) is 0 Å². The van der Waals surface area contributed by atoms with Gasteiger partial charge in [0.25, 0.3) is 17.7 Å². The van der Waals surface area contributed by atoms with Crippen LogP contribution >= 0.6 is 0 Å². The van der Waals surface area contributed by atoms with Crippen LogP contribution in [0.4, 0.5) is 4.79 Å². The molecule has 30 heavy (non-hydrogen) atoms. The van der Waals surface area contributed by atoms with Crippen molar-refractivity contribution in [3.05, 3.63) is 34.9 Å². The van der Waals surface area contributed by atoms with Gasteiger partial charge in [0.2, 0.25) is 5.91 Å². The number of aliphatic hydroxyl groups is 1. The summed E-state index contributed by atoms with van der Waals surface area (Å²) >= 11 is 0. The zero-order chi connectivity index (χ0) is 22.0. The average Bonchev–Trinajstić information content (AvgIpc) is 3.39. The third-order valence-corrected chi connectivity index (χ3v) is 5.69. The molecular weight excluding hydrogens is 392 g/mol. The van der Waals surface area contributed by atoms with E-state index in [9.17, 15) is 29.1 Å². The number of carbonyl (C=O) groups excluding carboxylic acids is 5. The first kappa shape index (κ1) is 20.2. The van der Waals surface area contributed by atoms with Crippen molar-refractivity contribution in [2.75, 3.05) is 0 Å². The van der Waals surface area contributed by atoms with Crippen LogP contribution in [0.3, 0.4) is 0 Å². The summed E-state index contributed by atoms with van der Waals surface area (Å²) < 4.78 is 5.23. The molecule has 0 aromatic heterocycles. The lowest BCUT2D eigenvalue weighted by Gasteiger charge is -2.38. The molecule has 2 heterocycles. The number of piperidine rings is 1. The van der Waals surface area contributed by atoms with Gasteiger partial charge in [-0.15, -0.1) is 0 Å². The predicted octanol–water partition coefficient (Wildman–Crippen LogP) is 1.62. The van der Waals surface area contributed by atoms with Gasteiger partial charge in [-0.2, -0.15) is 4.90 Å². The largest absolute Gasteiger partial charge is 0.443 e. The summed E-state index contributed by atoms with van der Waals surface area (Å²) in [6.45, 7) is 4.37. The molecule has 1 spiro atoms. The van der Waals surface area contributed by atoms with Gasteiger partial charge >= 0.3 is 6.09 Å². The summed E-state index contributed by atoms with van der Waals surface area (Å²) in [5, 5.41) is 9.54. The Morgan fingerprint density at radius 3 is 2.40 bits per heavy atom. The zero-order valence-electron chi connectivity index (χ0n) is 16.9. The third kappa shape index (κ3) is 2.92. The van der Waals surface area contributed by atoms with Crippen LogP contribution in [-0.4, -0.2) is 56.3 Å². The minimum absolute atomic E-state index is 0.0239. The van der Waals surface area contributed by atoms with Crippen LogP contribution in [0.2, 0.25) is 0 Å². The molecule has 1 aromatic carbocycles. The van der Waals surface area contributed by atoms with Crippen LogP contribution in [0.1, 0.15) is 66.3 Å². The van der Waals surface area contributed by atoms with E-state index in [-0.39, 0.29) is 23.1 Å². The Morgan fingerprint density at radius 1 is 1.17 bits per heavy atom. The van der Waals surface area contributed by atoms with Gasteiger partial charge in [-0.1, -0.05) is 12.1 Å². The molecule has 9 nitrogen and oxygen atoms in total. The van der Waals surface area contributed by atoms with Crippen LogP contribution in [0.5, 0.6) is 0 Å². The van der Waals surface area contributed by atoms with Gasteiger partial charge in [-0.05, 0) is 51.7 Å². The monoisotopic (exact) mass is 414 g/mol. The third-order valence-electron chi connectivity index (χ3n) is 5.69. The molecule has 0 bridgehead atoms. The Balaban J connectivity index is 1.72. The highest BCUT2D eigenvalue weighted by Crippen LogP contribution is 2.54. The Bertz CT molecular complexity index is 1000. The number of benzene rings is 1. The number of nitrogens with zero attached hydrogens (tertiary/aromatic N) is 2. The number of fused-ring (bicyclic) bond motifs is 1. The van der Waals surface area contributed by atoms with Crippen LogP contribution in [-0.2, 0) is 20.9 Å². The number of amides is 5. The summed E-state index contributed by atoms with van der Waals surface area (Å²) in [6, 6.07) is 3.22. The Hall–Kier alpha value is -3.07. The fourth-order valence-corrected chi connectivity index (χ4v) is 4.07. The number of aliphatic hydroxyl groups excluding tert-OH is 1. The predicted molar refractivity (Wildman–Crippen MR) is 101 cm³/mol. The summed E-state index contributed by atoms with van der Waals surface area (Å²) in [6.07, 6.45) is -0.217. The van der Waals surface area contributed by atoms with Crippen molar-refractivity contribution in [3.8, 4) is 0 Å². The molecule has 1 N–H and O–H groups in total. The van der Waals surface area contributed by atoms with Gasteiger partial charge in [0.1, 0.15) is 11.6 Å². The fraction of sp³-hybridized carbons (Fsp3) is 0.476. The second kappa shape index (κ2) is 6.46. The number of hydrogen-bond donors (Lipinski definition) is 1. The zero-order valence-corrected chi connectivity index (χ0v) is 16.9. The van der Waals surface area contributed by atoms with E-state index < -0.39 is 53.4 Å². The summed E-state index contributed by atoms with van der Waals surface area (Å²) in [4.78, 5) is 66.0. The molecule has 1 saturated heterocycles. The minimum Gasteiger partial charge on any atom is -0.443 e. The van der Waals surface area contributed by atoms with Gasteiger partial charge in [0, 0.05) is 0 Å². The number of hydrogen-bond acceptors (Lipinski definition) is 7. The lowest BCUT2D eigenvalue weighted by atomic mass is 9.89. The first-order chi connectivity index (χ1) is 14.0. The van der Waals surface area contributed by atoms with E-state index >= 15 is 0 Å². The molecule has 5 amide bonds. The quantitative estimate of drug-likeness (QED) is 0.730. The molecule has 2 fully saturated rings. The van der Waals surface area contributed by atoms with E-state index in [1.807, 2.05) is 0 Å². The smallest absolute Gasteiger partial charge is 0.424 e. The topological polar surface area (TPSA) is 121 Å². The highest BCUT2D eigenvalue weighted by Gasteiger charge is 2.63. The van der Waals surface area contributed by atoms with E-state index in [4.69, 9.17) is 4.74 Å². The van der Waals surface area contributed by atoms with E-state index in [1.54, 1.807) is 26.8 Å². The second-order valence-electron chi connectivity index (χ2n) is 8.94. The van der Waals surface area contributed by atoms with Crippen LogP contribution in [0.15, 0.2) is 18.2 Å². The van der Waals surface area contributed by atoms with Gasteiger partial charge < -0.3 is 9.84 Å². The number of likely N-dealkylation sites (tertiary alicyclic amines) is 1. The van der Waals surface area contributed by atoms with Crippen molar-refractivity contribution < 1.29 is 33.8 Å². The van der Waals surface area contributed by atoms with Gasteiger partial charge in [-0.3, -0.25) is 24.1 Å². The summed E-state index contributed by atoms with van der Waals surface area (Å²) in [7, 11) is 0. The number of carbonyl (C=O) groups is 5. The maximum atomic E-state index is 13.2. The molecule has 9 heteroatoms. The lowest BCUT2D eigenvalue weighted by molar-refractivity contribution is -0.155. The number of imide groups is 4. The van der Waals surface area contributed by atoms with Crippen molar-refractivity contribution in [1.82, 2.24) is 9.80 Å². The van der Waals surface area contributed by atoms with Gasteiger partial charge in [0.15, 0.2) is 0 Å². The molecule has 1 saturated carbocycles. The fourth-order valence-electron chi connectivity index (χ4n) is 4.07. The SMILES string of the molecule is CC(C)(C)OC(=O)N1C(=O)C(N2C(=O)c3cccc(CO)c3C2=O)CC2(CC2)C1=O. The molecule has 158 valence electrons. The highest BCUT2D eigenvalue weighted by atomic mass is 16.6. The number of rotatable bonds is 2. The minimum atomic E-state index is -1.29. The van der Waals surface area contributed by atoms with Crippen LogP contribution in [0.25, 0.3) is 0 Å². The molecule has 0 radical (unpaired) electrons. The van der Waals surface area contributed by atoms with Crippen molar-refractivity contribution >= 4 is 29.7 Å². The molecule has 4 rings (SSSR count). The molecule has 1 atom stereocenters. The Kier molecular flexibility index (Phi) is 4.36. The molecule has 1 unspecified atom stereocenters. The van der Waals surface area contributed by atoms with Gasteiger partial charge in [-0.25, -0.2) is 4.79 Å². The van der Waals surface area contributed by atoms with Crippen molar-refractivity contribution in [2.45, 2.75) is 58.3 Å². The maximum Gasteiger partial charge on any atom is 0.424 e. The van der Waals surface area contributed by atoms with E-state index in [0.29, 0.717) is 17.7 Å². The molecule has 3 aliphatic rings. The molecule has 2 aliphatic heterocycles. The lowest BCUT2D eigenvalue weighted by Crippen LogP contribution is -2.61. The molecule has 1 aliphatic carbocycles. The first-order valence-corrected chi connectivity index (χ1v) is 9.73. The average molecular weight is 414 g/mol. The summed E-state index contributed by atoms with van der Waals surface area (Å²) in [5.74, 6) is -3.00. The van der Waals surface area contributed by atoms with Crippen molar-refractivity contribution in [3.63, 3.8) is 0 Å². The summed E-state index contributed by atoms with van der Waals surface area (Å²) in [5.41, 5.74) is -1.48. The Morgan fingerprint density at radius 2 is 1.83 bits per heavy atom. The first-order valence-electron chi connectivity index (χ1n) is 9.73. The second-order valence-corrected chi connectivity index (χ2v) is 8.94. The van der Waals surface area contributed by atoms with Crippen LogP contribution in [0, 0.1) is 5.41 Å². The van der Waals surface area contributed by atoms with E-state index in [0.717, 1.165) is 4.90 Å². The molecular formula is C21H22N2O7. The van der Waals surface area contributed by atoms with Gasteiger partial charge in [0.05, 0.1) is 23.1 Å². The normalized spacial score (nSPS) is 22.6. The van der Waals surface area contributed by atoms with E-state index in [1.165, 1.54) is 12.1 Å².